The molecule has 1 fully saturated rings. The van der Waals surface area contributed by atoms with Crippen LogP contribution in [0.15, 0.2) is 48.5 Å². The number of carbonyl (C=O) groups is 2. The molecule has 1 aliphatic rings. The topological polar surface area (TPSA) is 125 Å². The van der Waals surface area contributed by atoms with Gasteiger partial charge in [-0.3, -0.25) is 4.79 Å². The summed E-state index contributed by atoms with van der Waals surface area (Å²) in [5, 5.41) is 8.50. The van der Waals surface area contributed by atoms with Gasteiger partial charge in [0.1, 0.15) is 5.82 Å². The minimum Gasteiger partial charge on any atom is -0.378 e. The van der Waals surface area contributed by atoms with Crippen molar-refractivity contribution in [3.63, 3.8) is 0 Å². The van der Waals surface area contributed by atoms with Crippen LogP contribution in [0.3, 0.4) is 0 Å². The number of rotatable bonds is 11. The first-order valence-electron chi connectivity index (χ1n) is 13.7. The summed E-state index contributed by atoms with van der Waals surface area (Å²) in [5.74, 6) is 1.93. The Labute approximate surface area is 235 Å². The van der Waals surface area contributed by atoms with E-state index in [9.17, 15) is 9.59 Å². The van der Waals surface area contributed by atoms with Crippen LogP contribution in [0.25, 0.3) is 11.4 Å². The van der Waals surface area contributed by atoms with Crippen LogP contribution >= 0.6 is 0 Å². The number of carbonyl (C=O) groups excluding carboxylic acids is 2. The summed E-state index contributed by atoms with van der Waals surface area (Å²) in [4.78, 5) is 43.1. The molecule has 3 amide bonds. The lowest BCUT2D eigenvalue weighted by Gasteiger charge is -2.27. The molecule has 212 valence electrons. The van der Waals surface area contributed by atoms with Gasteiger partial charge in [-0.25, -0.2) is 9.78 Å². The van der Waals surface area contributed by atoms with Gasteiger partial charge in [0.05, 0.1) is 13.2 Å². The minimum atomic E-state index is -0.382. The highest BCUT2D eigenvalue weighted by molar-refractivity contribution is 6.00. The molecule has 0 saturated carbocycles. The molecule has 2 heterocycles. The number of morpholine rings is 1. The normalized spacial score (nSPS) is 13.2. The van der Waals surface area contributed by atoms with Crippen molar-refractivity contribution < 1.29 is 14.3 Å². The van der Waals surface area contributed by atoms with Gasteiger partial charge in [-0.2, -0.15) is 9.97 Å². The number of unbranched alkanes of at least 4 members (excludes halogenated alkanes) is 1. The quantitative estimate of drug-likeness (QED) is 0.333. The van der Waals surface area contributed by atoms with Crippen LogP contribution in [-0.4, -0.2) is 85.3 Å². The second-order valence-corrected chi connectivity index (χ2v) is 9.87. The van der Waals surface area contributed by atoms with Crippen LogP contribution in [0.4, 0.5) is 22.1 Å². The molecule has 3 N–H and O–H groups in total. The standard InChI is InChI=1S/C29H38N8O3/c1-4-5-6-25-33-26(35-28(34-25)37-17-19-40-20-18-37)21-7-11-23(12-8-21)31-29(39)32-24-13-9-22(10-14-24)27(38)30-15-16-36(2)3/h7-14H,4-6,15-20H2,1-3H3,(H,30,38)(H2,31,32,39). The van der Waals surface area contributed by atoms with E-state index < -0.39 is 0 Å². The number of urea groups is 1. The average Bonchev–Trinajstić information content (AvgIpc) is 2.97. The van der Waals surface area contributed by atoms with E-state index in [1.54, 1.807) is 24.3 Å². The van der Waals surface area contributed by atoms with E-state index in [1.807, 2.05) is 43.3 Å². The van der Waals surface area contributed by atoms with E-state index in [0.29, 0.717) is 48.5 Å². The smallest absolute Gasteiger partial charge is 0.323 e. The summed E-state index contributed by atoms with van der Waals surface area (Å²) in [5.41, 5.74) is 2.60. The van der Waals surface area contributed by atoms with Crippen molar-refractivity contribution in [3.8, 4) is 11.4 Å². The molecule has 40 heavy (non-hydrogen) atoms. The number of amides is 3. The van der Waals surface area contributed by atoms with Crippen LogP contribution in [0.2, 0.25) is 0 Å². The van der Waals surface area contributed by atoms with Crippen molar-refractivity contribution in [3.05, 3.63) is 59.9 Å². The van der Waals surface area contributed by atoms with E-state index in [2.05, 4.69) is 27.8 Å². The zero-order valence-corrected chi connectivity index (χ0v) is 23.4. The summed E-state index contributed by atoms with van der Waals surface area (Å²) in [6, 6.07) is 13.8. The Morgan fingerprint density at radius 1 is 0.925 bits per heavy atom. The maximum Gasteiger partial charge on any atom is 0.323 e. The van der Waals surface area contributed by atoms with Gasteiger partial charge >= 0.3 is 6.03 Å². The molecular formula is C29H38N8O3. The van der Waals surface area contributed by atoms with E-state index in [0.717, 1.165) is 50.3 Å². The number of benzene rings is 2. The third kappa shape index (κ3) is 8.45. The zero-order valence-electron chi connectivity index (χ0n) is 23.4. The maximum absolute atomic E-state index is 12.6. The molecule has 1 saturated heterocycles. The lowest BCUT2D eigenvalue weighted by molar-refractivity contribution is 0.0951. The number of aryl methyl sites for hydroxylation is 1. The van der Waals surface area contributed by atoms with Gasteiger partial charge in [0, 0.05) is 55.1 Å². The van der Waals surface area contributed by atoms with Crippen LogP contribution in [0, 0.1) is 0 Å². The molecule has 3 aromatic rings. The summed E-state index contributed by atoms with van der Waals surface area (Å²) >= 11 is 0. The molecule has 0 spiro atoms. The number of aromatic nitrogens is 3. The predicted octanol–water partition coefficient (Wildman–Crippen LogP) is 3.65. The zero-order chi connectivity index (χ0) is 28.3. The van der Waals surface area contributed by atoms with Crippen molar-refractivity contribution in [2.45, 2.75) is 26.2 Å². The Hall–Kier alpha value is -4.09. The Bertz CT molecular complexity index is 1260. The summed E-state index contributed by atoms with van der Waals surface area (Å²) in [7, 11) is 3.90. The van der Waals surface area contributed by atoms with Gasteiger partial charge < -0.3 is 30.5 Å². The lowest BCUT2D eigenvalue weighted by Crippen LogP contribution is -2.37. The molecule has 4 rings (SSSR count). The molecule has 0 atom stereocenters. The van der Waals surface area contributed by atoms with Crippen molar-refractivity contribution in [1.29, 1.82) is 0 Å². The van der Waals surface area contributed by atoms with Gasteiger partial charge in [0.25, 0.3) is 5.91 Å². The van der Waals surface area contributed by atoms with Gasteiger partial charge in [-0.1, -0.05) is 13.3 Å². The number of hydrogen-bond acceptors (Lipinski definition) is 8. The Morgan fingerprint density at radius 2 is 1.57 bits per heavy atom. The number of anilines is 3. The maximum atomic E-state index is 12.6. The van der Waals surface area contributed by atoms with Crippen LogP contribution in [0.5, 0.6) is 0 Å². The molecule has 0 radical (unpaired) electrons. The van der Waals surface area contributed by atoms with Gasteiger partial charge in [-0.15, -0.1) is 0 Å². The number of nitrogens with one attached hydrogen (secondary N) is 3. The fourth-order valence-electron chi connectivity index (χ4n) is 4.08. The molecule has 1 aliphatic heterocycles. The van der Waals surface area contributed by atoms with Crippen molar-refractivity contribution in [2.24, 2.45) is 0 Å². The van der Waals surface area contributed by atoms with E-state index >= 15 is 0 Å². The first kappa shape index (κ1) is 28.9. The number of nitrogens with zero attached hydrogens (tertiary/aromatic N) is 5. The fourth-order valence-corrected chi connectivity index (χ4v) is 4.08. The van der Waals surface area contributed by atoms with E-state index in [1.165, 1.54) is 0 Å². The molecular weight excluding hydrogens is 508 g/mol. The summed E-state index contributed by atoms with van der Waals surface area (Å²) < 4.78 is 5.48. The number of likely N-dealkylation sites (N-methyl/N-ethyl adjacent to an activating group) is 1. The van der Waals surface area contributed by atoms with Gasteiger partial charge in [-0.05, 0) is 69.0 Å². The van der Waals surface area contributed by atoms with E-state index in [-0.39, 0.29) is 11.9 Å². The Morgan fingerprint density at radius 3 is 2.20 bits per heavy atom. The Kier molecular flexibility index (Phi) is 10.4. The minimum absolute atomic E-state index is 0.148. The second-order valence-electron chi connectivity index (χ2n) is 9.87. The third-order valence-electron chi connectivity index (χ3n) is 6.37. The molecule has 11 heteroatoms. The fraction of sp³-hybridized carbons (Fsp3) is 0.414. The summed E-state index contributed by atoms with van der Waals surface area (Å²) in [6.45, 7) is 6.29. The SMILES string of the molecule is CCCCc1nc(-c2ccc(NC(=O)Nc3ccc(C(=O)NCCN(C)C)cc3)cc2)nc(N2CCOCC2)n1. The highest BCUT2D eigenvalue weighted by Crippen LogP contribution is 2.22. The largest absolute Gasteiger partial charge is 0.378 e. The highest BCUT2D eigenvalue weighted by atomic mass is 16.5. The lowest BCUT2D eigenvalue weighted by atomic mass is 10.2. The summed E-state index contributed by atoms with van der Waals surface area (Å²) in [6.07, 6.45) is 2.87. The van der Waals surface area contributed by atoms with Crippen LogP contribution in [0.1, 0.15) is 35.9 Å². The Balaban J connectivity index is 1.37. The third-order valence-corrected chi connectivity index (χ3v) is 6.37. The first-order valence-corrected chi connectivity index (χ1v) is 13.7. The molecule has 11 nitrogen and oxygen atoms in total. The molecule has 1 aromatic heterocycles. The second kappa shape index (κ2) is 14.3. The first-order chi connectivity index (χ1) is 19.4. The van der Waals surface area contributed by atoms with Crippen molar-refractivity contribution in [1.82, 2.24) is 25.2 Å². The molecule has 0 unspecified atom stereocenters. The number of hydrogen-bond donors (Lipinski definition) is 3. The number of ether oxygens (including phenoxy) is 1. The molecule has 0 aliphatic carbocycles. The highest BCUT2D eigenvalue weighted by Gasteiger charge is 2.17. The average molecular weight is 547 g/mol. The molecule has 0 bridgehead atoms. The van der Waals surface area contributed by atoms with Crippen molar-refractivity contribution >= 4 is 29.3 Å². The molecule has 2 aromatic carbocycles. The monoisotopic (exact) mass is 546 g/mol. The van der Waals surface area contributed by atoms with Crippen LogP contribution in [-0.2, 0) is 11.2 Å². The van der Waals surface area contributed by atoms with Gasteiger partial charge in [0.2, 0.25) is 5.95 Å². The van der Waals surface area contributed by atoms with E-state index in [4.69, 9.17) is 19.7 Å². The predicted molar refractivity (Wildman–Crippen MR) is 157 cm³/mol. The van der Waals surface area contributed by atoms with Crippen LogP contribution < -0.4 is 20.9 Å². The van der Waals surface area contributed by atoms with Crippen molar-refractivity contribution in [2.75, 3.05) is 69.0 Å². The van der Waals surface area contributed by atoms with Gasteiger partial charge in [0.15, 0.2) is 5.82 Å².